The van der Waals surface area contributed by atoms with E-state index in [1.54, 1.807) is 0 Å². The van der Waals surface area contributed by atoms with E-state index >= 15 is 0 Å². The number of para-hydroxylation sites is 2. The molecule has 2 saturated heterocycles. The van der Waals surface area contributed by atoms with Gasteiger partial charge in [-0.1, -0.05) is 12.1 Å². The second kappa shape index (κ2) is 6.58. The van der Waals surface area contributed by atoms with Gasteiger partial charge in [-0.05, 0) is 70.9 Å². The van der Waals surface area contributed by atoms with E-state index in [0.29, 0.717) is 30.7 Å². The lowest BCUT2D eigenvalue weighted by molar-refractivity contribution is -0.149. The summed E-state index contributed by atoms with van der Waals surface area (Å²) in [6.45, 7) is 7.66. The summed E-state index contributed by atoms with van der Waals surface area (Å²) in [5.74, 6) is 1.60. The minimum Gasteiger partial charge on any atom is -0.466 e. The summed E-state index contributed by atoms with van der Waals surface area (Å²) in [6.07, 6.45) is 5.95. The number of aryl methyl sites for hydroxylation is 1. The molecule has 1 unspecified atom stereocenters. The van der Waals surface area contributed by atoms with Gasteiger partial charge in [0, 0.05) is 24.7 Å². The molecule has 2 aliphatic heterocycles. The Labute approximate surface area is 167 Å². The first-order chi connectivity index (χ1) is 13.5. The zero-order valence-electron chi connectivity index (χ0n) is 17.2. The highest BCUT2D eigenvalue weighted by atomic mass is 16.5. The molecule has 1 saturated carbocycles. The summed E-state index contributed by atoms with van der Waals surface area (Å²) in [4.78, 5) is 19.8. The van der Waals surface area contributed by atoms with Gasteiger partial charge in [0.25, 0.3) is 0 Å². The summed E-state index contributed by atoms with van der Waals surface area (Å²) in [5.41, 5.74) is 2.14. The first-order valence-electron chi connectivity index (χ1n) is 10.9. The monoisotopic (exact) mass is 381 g/mol. The van der Waals surface area contributed by atoms with Crippen LogP contribution in [0.2, 0.25) is 0 Å². The van der Waals surface area contributed by atoms with Crippen molar-refractivity contribution in [3.8, 4) is 0 Å². The Kier molecular flexibility index (Phi) is 4.27. The van der Waals surface area contributed by atoms with Crippen LogP contribution in [-0.4, -0.2) is 45.7 Å². The van der Waals surface area contributed by atoms with Crippen molar-refractivity contribution < 1.29 is 9.53 Å². The maximum absolute atomic E-state index is 12.3. The van der Waals surface area contributed by atoms with Crippen molar-refractivity contribution in [1.29, 1.82) is 0 Å². The lowest BCUT2D eigenvalue weighted by atomic mass is 9.95. The minimum atomic E-state index is -0.247. The van der Waals surface area contributed by atoms with Gasteiger partial charge >= 0.3 is 5.97 Å². The molecule has 0 N–H and O–H groups in total. The van der Waals surface area contributed by atoms with Crippen LogP contribution < -0.4 is 0 Å². The molecule has 1 aromatic carbocycles. The average Bonchev–Trinajstić information content (AvgIpc) is 3.12. The van der Waals surface area contributed by atoms with Gasteiger partial charge in [0.2, 0.25) is 0 Å². The molecular weight excluding hydrogens is 350 g/mol. The fraction of sp³-hybridized carbons (Fsp3) is 0.652. The molecule has 3 fully saturated rings. The van der Waals surface area contributed by atoms with E-state index in [1.165, 1.54) is 31.2 Å². The van der Waals surface area contributed by atoms with Crippen molar-refractivity contribution in [3.05, 3.63) is 30.1 Å². The molecule has 5 atom stereocenters. The van der Waals surface area contributed by atoms with Gasteiger partial charge in [-0.15, -0.1) is 0 Å². The van der Waals surface area contributed by atoms with Gasteiger partial charge in [-0.3, -0.25) is 9.69 Å². The molecule has 28 heavy (non-hydrogen) atoms. The van der Waals surface area contributed by atoms with E-state index in [0.717, 1.165) is 24.3 Å². The minimum absolute atomic E-state index is 0.00254. The van der Waals surface area contributed by atoms with E-state index < -0.39 is 0 Å². The highest BCUT2D eigenvalue weighted by Gasteiger charge is 2.58. The van der Waals surface area contributed by atoms with Crippen LogP contribution in [0.1, 0.15) is 57.8 Å². The number of piperidine rings is 1. The van der Waals surface area contributed by atoms with Crippen LogP contribution in [-0.2, 0) is 9.53 Å². The molecule has 0 spiro atoms. The maximum Gasteiger partial charge on any atom is 0.312 e. The Morgan fingerprint density at radius 3 is 2.64 bits per heavy atom. The van der Waals surface area contributed by atoms with Crippen LogP contribution in [0.25, 0.3) is 11.0 Å². The zero-order chi connectivity index (χ0) is 19.5. The van der Waals surface area contributed by atoms with E-state index in [-0.39, 0.29) is 11.4 Å². The van der Waals surface area contributed by atoms with E-state index in [4.69, 9.17) is 9.72 Å². The number of imidazole rings is 1. The number of hydrogen-bond acceptors (Lipinski definition) is 4. The van der Waals surface area contributed by atoms with Gasteiger partial charge in [-0.25, -0.2) is 4.98 Å². The molecule has 0 radical (unpaired) electrons. The molecule has 1 aliphatic carbocycles. The van der Waals surface area contributed by atoms with Crippen LogP contribution in [0.5, 0.6) is 0 Å². The molecule has 150 valence electrons. The second-order valence-corrected chi connectivity index (χ2v) is 9.26. The average molecular weight is 382 g/mol. The third kappa shape index (κ3) is 2.78. The Bertz CT molecular complexity index is 892. The van der Waals surface area contributed by atoms with Crippen LogP contribution >= 0.6 is 0 Å². The number of fused-ring (bicyclic) bond motifs is 3. The van der Waals surface area contributed by atoms with Crippen molar-refractivity contribution >= 4 is 17.0 Å². The number of nitrogens with zero attached hydrogens (tertiary/aromatic N) is 3. The zero-order valence-corrected chi connectivity index (χ0v) is 17.2. The molecule has 5 heteroatoms. The number of aromatic nitrogens is 2. The molecule has 2 aromatic rings. The Hall–Kier alpha value is -1.88. The second-order valence-electron chi connectivity index (χ2n) is 9.26. The lowest BCUT2D eigenvalue weighted by Gasteiger charge is -2.40. The number of carbonyl (C=O) groups is 1. The highest BCUT2D eigenvalue weighted by Crippen LogP contribution is 2.55. The third-order valence-electron chi connectivity index (χ3n) is 7.58. The van der Waals surface area contributed by atoms with Crippen molar-refractivity contribution in [2.75, 3.05) is 13.2 Å². The summed E-state index contributed by atoms with van der Waals surface area (Å²) < 4.78 is 7.79. The van der Waals surface area contributed by atoms with Crippen LogP contribution in [0.4, 0.5) is 0 Å². The lowest BCUT2D eigenvalue weighted by Crippen LogP contribution is -2.45. The standard InChI is InChI=1S/C23H31N3O2/c1-4-28-22(27)23(3)13-16(23)14-25-17-9-10-18(25)12-19(11-17)26-15(2)24-20-7-5-6-8-21(20)26/h5-8,16-19H,4,9-14H2,1-3H3/t16-,17-,18+,19?,23-/m0/s1. The smallest absolute Gasteiger partial charge is 0.312 e. The van der Waals surface area contributed by atoms with E-state index in [1.807, 2.05) is 6.92 Å². The number of rotatable bonds is 5. The molecule has 3 heterocycles. The van der Waals surface area contributed by atoms with Crippen molar-refractivity contribution in [2.45, 2.75) is 71.0 Å². The van der Waals surface area contributed by atoms with Gasteiger partial charge in [0.15, 0.2) is 0 Å². The quantitative estimate of drug-likeness (QED) is 0.732. The Morgan fingerprint density at radius 2 is 1.93 bits per heavy atom. The molecule has 3 aliphatic rings. The fourth-order valence-corrected chi connectivity index (χ4v) is 5.90. The van der Waals surface area contributed by atoms with Crippen molar-refractivity contribution in [3.63, 3.8) is 0 Å². The first kappa shape index (κ1) is 18.2. The summed E-state index contributed by atoms with van der Waals surface area (Å²) in [6, 6.07) is 10.3. The number of hydrogen-bond donors (Lipinski definition) is 0. The van der Waals surface area contributed by atoms with Gasteiger partial charge in [0.1, 0.15) is 5.82 Å². The Morgan fingerprint density at radius 1 is 1.21 bits per heavy atom. The number of carbonyl (C=O) groups excluding carboxylic acids is 1. The number of ether oxygens (including phenoxy) is 1. The molecule has 5 rings (SSSR count). The summed E-state index contributed by atoms with van der Waals surface area (Å²) in [7, 11) is 0. The number of benzene rings is 1. The van der Waals surface area contributed by atoms with Crippen molar-refractivity contribution in [2.24, 2.45) is 11.3 Å². The van der Waals surface area contributed by atoms with E-state index in [2.05, 4.69) is 47.6 Å². The van der Waals surface area contributed by atoms with Gasteiger partial charge < -0.3 is 9.30 Å². The molecular formula is C23H31N3O2. The predicted molar refractivity (Wildman–Crippen MR) is 109 cm³/mol. The maximum atomic E-state index is 12.3. The molecule has 2 bridgehead atoms. The van der Waals surface area contributed by atoms with Gasteiger partial charge in [0.05, 0.1) is 23.1 Å². The largest absolute Gasteiger partial charge is 0.466 e. The SMILES string of the molecule is CCOC(=O)[C@@]1(C)C[C@H]1CN1[C@@H]2CC[C@H]1CC(n1c(C)nc3ccccc31)C2. The topological polar surface area (TPSA) is 47.4 Å². The number of esters is 1. The summed E-state index contributed by atoms with van der Waals surface area (Å²) in [5, 5.41) is 0. The van der Waals surface area contributed by atoms with Crippen LogP contribution in [0.3, 0.4) is 0 Å². The van der Waals surface area contributed by atoms with Crippen LogP contribution in [0.15, 0.2) is 24.3 Å². The van der Waals surface area contributed by atoms with Crippen molar-refractivity contribution in [1.82, 2.24) is 14.5 Å². The van der Waals surface area contributed by atoms with Crippen LogP contribution in [0, 0.1) is 18.3 Å². The summed E-state index contributed by atoms with van der Waals surface area (Å²) >= 11 is 0. The predicted octanol–water partition coefficient (Wildman–Crippen LogP) is 4.10. The third-order valence-corrected chi connectivity index (χ3v) is 7.58. The molecule has 1 aromatic heterocycles. The highest BCUT2D eigenvalue weighted by molar-refractivity contribution is 5.80. The van der Waals surface area contributed by atoms with E-state index in [9.17, 15) is 4.79 Å². The van der Waals surface area contributed by atoms with Gasteiger partial charge in [-0.2, -0.15) is 0 Å². The fourth-order valence-electron chi connectivity index (χ4n) is 5.90. The first-order valence-corrected chi connectivity index (χ1v) is 10.9. The molecule has 0 amide bonds. The molecule has 5 nitrogen and oxygen atoms in total. The Balaban J connectivity index is 1.31. The normalized spacial score (nSPS) is 34.7.